The molecule has 0 aliphatic rings. The van der Waals surface area contributed by atoms with E-state index in [4.69, 9.17) is 9.47 Å². The molecule has 114 valence electrons. The van der Waals surface area contributed by atoms with Crippen LogP contribution in [-0.4, -0.2) is 63.4 Å². The number of carbonyl (C=O) groups is 1. The van der Waals surface area contributed by atoms with Gasteiger partial charge in [-0.1, -0.05) is 6.92 Å². The van der Waals surface area contributed by atoms with Gasteiger partial charge in [0, 0.05) is 13.2 Å². The molecule has 19 heavy (non-hydrogen) atoms. The molecule has 5 nitrogen and oxygen atoms in total. The first-order valence-corrected chi connectivity index (χ1v) is 6.93. The third kappa shape index (κ3) is 6.36. The molecule has 0 aromatic carbocycles. The van der Waals surface area contributed by atoms with Gasteiger partial charge in [0.15, 0.2) is 0 Å². The zero-order valence-electron chi connectivity index (χ0n) is 13.3. The van der Waals surface area contributed by atoms with E-state index >= 15 is 0 Å². The zero-order valence-corrected chi connectivity index (χ0v) is 13.3. The maximum atomic E-state index is 11.8. The number of hydrogen-bond donors (Lipinski definition) is 1. The van der Waals surface area contributed by atoms with Crippen molar-refractivity contribution in [2.24, 2.45) is 0 Å². The van der Waals surface area contributed by atoms with Crippen LogP contribution >= 0.6 is 0 Å². The molecule has 0 aromatic rings. The smallest absolute Gasteiger partial charge is 0.325 e. The molecule has 0 saturated heterocycles. The largest absolute Gasteiger partial charge is 0.468 e. The minimum Gasteiger partial charge on any atom is -0.468 e. The Labute approximate surface area is 117 Å². The molecule has 5 heteroatoms. The molecule has 0 aliphatic heterocycles. The summed E-state index contributed by atoms with van der Waals surface area (Å²) in [7, 11) is 5.22. The van der Waals surface area contributed by atoms with E-state index in [-0.39, 0.29) is 5.97 Å². The van der Waals surface area contributed by atoms with Gasteiger partial charge < -0.3 is 19.7 Å². The summed E-state index contributed by atoms with van der Waals surface area (Å²) in [4.78, 5) is 14.1. The number of carbonyl (C=O) groups excluding carboxylic acids is 1. The van der Waals surface area contributed by atoms with Gasteiger partial charge in [-0.05, 0) is 46.8 Å². The molecule has 0 aliphatic carbocycles. The third-order valence-corrected chi connectivity index (χ3v) is 3.55. The summed E-state index contributed by atoms with van der Waals surface area (Å²) in [5.41, 5.74) is -0.588. The second-order valence-electron chi connectivity index (χ2n) is 5.24. The highest BCUT2D eigenvalue weighted by Gasteiger charge is 2.32. The first-order chi connectivity index (χ1) is 8.91. The van der Waals surface area contributed by atoms with Crippen molar-refractivity contribution < 1.29 is 14.3 Å². The standard InChI is InChI=1S/C14H30N2O3/c1-7-15-14(3,13(17)19-6)9-8-10-16(4)12(2)11-18-5/h12,15H,7-11H2,1-6H3. The van der Waals surface area contributed by atoms with Gasteiger partial charge in [0.2, 0.25) is 0 Å². The second-order valence-corrected chi connectivity index (χ2v) is 5.24. The van der Waals surface area contributed by atoms with Crippen LogP contribution < -0.4 is 5.32 Å². The van der Waals surface area contributed by atoms with Crippen molar-refractivity contribution in [1.29, 1.82) is 0 Å². The van der Waals surface area contributed by atoms with Gasteiger partial charge in [-0.25, -0.2) is 0 Å². The molecule has 0 saturated carbocycles. The van der Waals surface area contributed by atoms with E-state index in [1.54, 1.807) is 7.11 Å². The van der Waals surface area contributed by atoms with Gasteiger partial charge in [0.25, 0.3) is 0 Å². The SMILES string of the molecule is CCNC(C)(CCCN(C)C(C)COC)C(=O)OC. The van der Waals surface area contributed by atoms with Crippen LogP contribution in [0.4, 0.5) is 0 Å². The van der Waals surface area contributed by atoms with E-state index in [2.05, 4.69) is 24.2 Å². The molecular weight excluding hydrogens is 244 g/mol. The van der Waals surface area contributed by atoms with Crippen LogP contribution in [0, 0.1) is 0 Å². The van der Waals surface area contributed by atoms with Crippen LogP contribution in [0.3, 0.4) is 0 Å². The van der Waals surface area contributed by atoms with Crippen LogP contribution in [-0.2, 0) is 14.3 Å². The van der Waals surface area contributed by atoms with Gasteiger partial charge in [-0.3, -0.25) is 4.79 Å². The van der Waals surface area contributed by atoms with Gasteiger partial charge in [0.05, 0.1) is 13.7 Å². The van der Waals surface area contributed by atoms with Crippen molar-refractivity contribution in [3.63, 3.8) is 0 Å². The topological polar surface area (TPSA) is 50.8 Å². The van der Waals surface area contributed by atoms with E-state index in [0.29, 0.717) is 6.04 Å². The van der Waals surface area contributed by atoms with Crippen LogP contribution in [0.2, 0.25) is 0 Å². The Kier molecular flexibility index (Phi) is 8.97. The third-order valence-electron chi connectivity index (χ3n) is 3.55. The number of ether oxygens (including phenoxy) is 2. The normalized spacial score (nSPS) is 16.2. The molecule has 2 unspecified atom stereocenters. The minimum atomic E-state index is -0.588. The zero-order chi connectivity index (χ0) is 14.9. The second kappa shape index (κ2) is 9.28. The number of rotatable bonds is 10. The first kappa shape index (κ1) is 18.4. The molecule has 0 radical (unpaired) electrons. The van der Waals surface area contributed by atoms with Gasteiger partial charge in [0.1, 0.15) is 5.54 Å². The predicted molar refractivity (Wildman–Crippen MR) is 77.3 cm³/mol. The van der Waals surface area contributed by atoms with E-state index < -0.39 is 5.54 Å². The predicted octanol–water partition coefficient (Wildman–Crippen LogP) is 1.27. The lowest BCUT2D eigenvalue weighted by atomic mass is 9.95. The van der Waals surface area contributed by atoms with Crippen molar-refractivity contribution in [3.8, 4) is 0 Å². The minimum absolute atomic E-state index is 0.193. The molecule has 0 rings (SSSR count). The summed E-state index contributed by atoms with van der Waals surface area (Å²) in [5.74, 6) is -0.193. The fourth-order valence-corrected chi connectivity index (χ4v) is 2.15. The molecule has 0 heterocycles. The number of likely N-dealkylation sites (N-methyl/N-ethyl adjacent to an activating group) is 2. The van der Waals surface area contributed by atoms with E-state index in [1.165, 1.54) is 7.11 Å². The monoisotopic (exact) mass is 274 g/mol. The van der Waals surface area contributed by atoms with Crippen LogP contribution in [0.15, 0.2) is 0 Å². The summed E-state index contributed by atoms with van der Waals surface area (Å²) in [6.07, 6.45) is 1.70. The van der Waals surface area contributed by atoms with E-state index in [9.17, 15) is 4.79 Å². The summed E-state index contributed by atoms with van der Waals surface area (Å²) in [6.45, 7) is 8.43. The average molecular weight is 274 g/mol. The molecule has 0 amide bonds. The lowest BCUT2D eigenvalue weighted by molar-refractivity contribution is -0.148. The van der Waals surface area contributed by atoms with Crippen LogP contribution in [0.5, 0.6) is 0 Å². The van der Waals surface area contributed by atoms with E-state index in [0.717, 1.165) is 32.5 Å². The van der Waals surface area contributed by atoms with Crippen molar-refractivity contribution in [2.75, 3.05) is 41.0 Å². The maximum absolute atomic E-state index is 11.8. The number of nitrogens with zero attached hydrogens (tertiary/aromatic N) is 1. The lowest BCUT2D eigenvalue weighted by Gasteiger charge is -2.29. The molecule has 0 fully saturated rings. The quantitative estimate of drug-likeness (QED) is 0.608. The Balaban J connectivity index is 4.23. The van der Waals surface area contributed by atoms with Gasteiger partial charge in [-0.15, -0.1) is 0 Å². The Morgan fingerprint density at radius 3 is 2.53 bits per heavy atom. The fraction of sp³-hybridized carbons (Fsp3) is 0.929. The Morgan fingerprint density at radius 2 is 2.05 bits per heavy atom. The summed E-state index contributed by atoms with van der Waals surface area (Å²) >= 11 is 0. The Hall–Kier alpha value is -0.650. The van der Waals surface area contributed by atoms with Gasteiger partial charge >= 0.3 is 5.97 Å². The highest BCUT2D eigenvalue weighted by Crippen LogP contribution is 2.15. The molecular formula is C14H30N2O3. The Bertz CT molecular complexity index is 261. The lowest BCUT2D eigenvalue weighted by Crippen LogP contribution is -2.50. The first-order valence-electron chi connectivity index (χ1n) is 6.93. The Morgan fingerprint density at radius 1 is 1.42 bits per heavy atom. The molecule has 0 spiro atoms. The molecule has 2 atom stereocenters. The highest BCUT2D eigenvalue weighted by atomic mass is 16.5. The average Bonchev–Trinajstić information content (AvgIpc) is 2.38. The van der Waals surface area contributed by atoms with Crippen LogP contribution in [0.25, 0.3) is 0 Å². The van der Waals surface area contributed by atoms with Crippen molar-refractivity contribution >= 4 is 5.97 Å². The summed E-state index contributed by atoms with van der Waals surface area (Å²) in [5, 5.41) is 3.22. The van der Waals surface area contributed by atoms with Gasteiger partial charge in [-0.2, -0.15) is 0 Å². The van der Waals surface area contributed by atoms with Crippen molar-refractivity contribution in [1.82, 2.24) is 10.2 Å². The van der Waals surface area contributed by atoms with Crippen LogP contribution in [0.1, 0.15) is 33.6 Å². The summed E-state index contributed by atoms with van der Waals surface area (Å²) in [6, 6.07) is 0.383. The maximum Gasteiger partial charge on any atom is 0.325 e. The number of methoxy groups -OCH3 is 2. The molecule has 1 N–H and O–H groups in total. The van der Waals surface area contributed by atoms with E-state index in [1.807, 2.05) is 13.8 Å². The fourth-order valence-electron chi connectivity index (χ4n) is 2.15. The molecule has 0 bridgehead atoms. The van der Waals surface area contributed by atoms with Crippen molar-refractivity contribution in [3.05, 3.63) is 0 Å². The summed E-state index contributed by atoms with van der Waals surface area (Å²) < 4.78 is 10.0. The number of hydrogen-bond acceptors (Lipinski definition) is 5. The molecule has 0 aromatic heterocycles. The number of esters is 1. The highest BCUT2D eigenvalue weighted by molar-refractivity contribution is 5.80. The van der Waals surface area contributed by atoms with Crippen molar-refractivity contribution in [2.45, 2.75) is 45.2 Å². The number of nitrogens with one attached hydrogen (secondary N) is 1.